The number of ether oxygens (including phenoxy) is 1. The largest absolute Gasteiger partial charge is 0.385 e. The summed E-state index contributed by atoms with van der Waals surface area (Å²) in [5.41, 5.74) is 1.51. The van der Waals surface area contributed by atoms with E-state index in [1.54, 1.807) is 39.4 Å². The van der Waals surface area contributed by atoms with Gasteiger partial charge >= 0.3 is 0 Å². The maximum absolute atomic E-state index is 11.7. The third-order valence-corrected chi connectivity index (χ3v) is 3.07. The van der Waals surface area contributed by atoms with Crippen LogP contribution < -0.4 is 5.32 Å². The number of hydrogen-bond acceptors (Lipinski definition) is 3. The van der Waals surface area contributed by atoms with Gasteiger partial charge in [0.05, 0.1) is 0 Å². The molecule has 5 heteroatoms. The van der Waals surface area contributed by atoms with Crippen LogP contribution in [0.3, 0.4) is 0 Å². The molecule has 0 unspecified atom stereocenters. The molecule has 0 aliphatic heterocycles. The molecule has 0 atom stereocenters. The number of amides is 2. The van der Waals surface area contributed by atoms with Gasteiger partial charge in [-0.05, 0) is 36.6 Å². The lowest BCUT2D eigenvalue weighted by Crippen LogP contribution is -2.22. The molecule has 0 heterocycles. The van der Waals surface area contributed by atoms with Crippen LogP contribution in [0, 0.1) is 0 Å². The minimum atomic E-state index is -0.120. The molecule has 0 radical (unpaired) electrons. The van der Waals surface area contributed by atoms with E-state index in [0.717, 1.165) is 18.4 Å². The van der Waals surface area contributed by atoms with Gasteiger partial charge in [-0.2, -0.15) is 0 Å². The summed E-state index contributed by atoms with van der Waals surface area (Å²) < 4.78 is 4.94. The van der Waals surface area contributed by atoms with E-state index in [1.165, 1.54) is 11.0 Å². The van der Waals surface area contributed by atoms with E-state index in [2.05, 4.69) is 5.32 Å². The maximum Gasteiger partial charge on any atom is 0.253 e. The first-order chi connectivity index (χ1) is 10.5. The van der Waals surface area contributed by atoms with Crippen LogP contribution in [-0.2, 0) is 9.53 Å². The molecule has 5 nitrogen and oxygen atoms in total. The predicted molar refractivity (Wildman–Crippen MR) is 87.6 cm³/mol. The molecule has 1 N–H and O–H groups in total. The highest BCUT2D eigenvalue weighted by atomic mass is 16.5. The molecule has 0 aromatic heterocycles. The highest BCUT2D eigenvalue weighted by molar-refractivity contribution is 5.94. The molecule has 1 rings (SSSR count). The Balaban J connectivity index is 2.42. The summed E-state index contributed by atoms with van der Waals surface area (Å²) in [6, 6.07) is 7.15. The number of carbonyl (C=O) groups is 2. The smallest absolute Gasteiger partial charge is 0.253 e. The number of unbranched alkanes of at least 4 members (excludes halogenated alkanes) is 1. The van der Waals surface area contributed by atoms with Gasteiger partial charge < -0.3 is 15.0 Å². The van der Waals surface area contributed by atoms with Crippen molar-refractivity contribution in [3.63, 3.8) is 0 Å². The van der Waals surface area contributed by atoms with Crippen molar-refractivity contribution in [1.29, 1.82) is 0 Å². The van der Waals surface area contributed by atoms with E-state index in [0.29, 0.717) is 18.7 Å². The van der Waals surface area contributed by atoms with Crippen molar-refractivity contribution in [2.75, 3.05) is 34.4 Å². The fourth-order valence-electron chi connectivity index (χ4n) is 1.81. The topological polar surface area (TPSA) is 58.6 Å². The second-order valence-corrected chi connectivity index (χ2v) is 5.15. The van der Waals surface area contributed by atoms with Crippen LogP contribution in [0.15, 0.2) is 30.3 Å². The van der Waals surface area contributed by atoms with Crippen molar-refractivity contribution in [3.8, 4) is 0 Å². The van der Waals surface area contributed by atoms with Gasteiger partial charge in [0.25, 0.3) is 5.91 Å². The minimum absolute atomic E-state index is 0.0377. The van der Waals surface area contributed by atoms with Crippen LogP contribution in [-0.4, -0.2) is 51.1 Å². The third-order valence-electron chi connectivity index (χ3n) is 3.07. The number of rotatable bonds is 8. The molecule has 0 spiro atoms. The molecule has 0 aliphatic rings. The monoisotopic (exact) mass is 304 g/mol. The zero-order valence-corrected chi connectivity index (χ0v) is 13.5. The molecule has 0 fully saturated rings. The Morgan fingerprint density at radius 2 is 1.86 bits per heavy atom. The Kier molecular flexibility index (Phi) is 7.92. The maximum atomic E-state index is 11.7. The minimum Gasteiger partial charge on any atom is -0.385 e. The van der Waals surface area contributed by atoms with Crippen LogP contribution in [0.2, 0.25) is 0 Å². The van der Waals surface area contributed by atoms with Gasteiger partial charge in [-0.3, -0.25) is 9.59 Å². The van der Waals surface area contributed by atoms with Gasteiger partial charge in [0.2, 0.25) is 5.91 Å². The number of benzene rings is 1. The van der Waals surface area contributed by atoms with Crippen LogP contribution in [0.1, 0.15) is 28.8 Å². The van der Waals surface area contributed by atoms with Crippen molar-refractivity contribution in [1.82, 2.24) is 10.2 Å². The van der Waals surface area contributed by atoms with E-state index in [9.17, 15) is 9.59 Å². The summed E-state index contributed by atoms with van der Waals surface area (Å²) in [7, 11) is 5.10. The second kappa shape index (κ2) is 9.73. The van der Waals surface area contributed by atoms with E-state index >= 15 is 0 Å². The Hall–Kier alpha value is -2.14. The molecule has 0 saturated carbocycles. The summed E-state index contributed by atoms with van der Waals surface area (Å²) in [6.07, 6.45) is 5.06. The number of hydrogen-bond donors (Lipinski definition) is 1. The molecular weight excluding hydrogens is 280 g/mol. The SMILES string of the molecule is COCCCCNC(=O)/C=C/c1ccc(C(=O)N(C)C)cc1. The average molecular weight is 304 g/mol. The molecule has 2 amide bonds. The number of nitrogens with zero attached hydrogens (tertiary/aromatic N) is 1. The Bertz CT molecular complexity index is 507. The summed E-state index contributed by atoms with van der Waals surface area (Å²) in [5.74, 6) is -0.157. The van der Waals surface area contributed by atoms with Gasteiger partial charge in [-0.15, -0.1) is 0 Å². The Morgan fingerprint density at radius 1 is 1.18 bits per heavy atom. The first-order valence-corrected chi connectivity index (χ1v) is 7.31. The standard InChI is InChI=1S/C17H24N2O3/c1-19(2)17(21)15-9-6-14(7-10-15)8-11-16(20)18-12-4-5-13-22-3/h6-11H,4-5,12-13H2,1-3H3,(H,18,20)/b11-8+. The summed E-state index contributed by atoms with van der Waals surface area (Å²) in [5, 5.41) is 2.81. The van der Waals surface area contributed by atoms with Crippen LogP contribution in [0.25, 0.3) is 6.08 Å². The molecule has 1 aromatic rings. The van der Waals surface area contributed by atoms with E-state index in [1.807, 2.05) is 12.1 Å². The van der Waals surface area contributed by atoms with Gasteiger partial charge in [0.15, 0.2) is 0 Å². The predicted octanol–water partition coefficient (Wildman–Crippen LogP) is 1.94. The molecule has 0 bridgehead atoms. The zero-order valence-electron chi connectivity index (χ0n) is 13.5. The van der Waals surface area contributed by atoms with E-state index in [4.69, 9.17) is 4.74 Å². The van der Waals surface area contributed by atoms with Crippen molar-refractivity contribution in [2.24, 2.45) is 0 Å². The molecule has 120 valence electrons. The Labute approximate surface area is 132 Å². The van der Waals surface area contributed by atoms with Crippen molar-refractivity contribution in [3.05, 3.63) is 41.5 Å². The van der Waals surface area contributed by atoms with Gasteiger partial charge in [-0.25, -0.2) is 0 Å². The second-order valence-electron chi connectivity index (χ2n) is 5.15. The van der Waals surface area contributed by atoms with Crippen molar-refractivity contribution < 1.29 is 14.3 Å². The molecule has 22 heavy (non-hydrogen) atoms. The highest BCUT2D eigenvalue weighted by Crippen LogP contribution is 2.07. The lowest BCUT2D eigenvalue weighted by atomic mass is 10.1. The highest BCUT2D eigenvalue weighted by Gasteiger charge is 2.06. The lowest BCUT2D eigenvalue weighted by Gasteiger charge is -2.09. The third kappa shape index (κ3) is 6.54. The van der Waals surface area contributed by atoms with Crippen LogP contribution in [0.5, 0.6) is 0 Å². The van der Waals surface area contributed by atoms with Gasteiger partial charge in [0.1, 0.15) is 0 Å². The lowest BCUT2D eigenvalue weighted by molar-refractivity contribution is -0.116. The van der Waals surface area contributed by atoms with Gasteiger partial charge in [-0.1, -0.05) is 12.1 Å². The molecule has 0 aliphatic carbocycles. The summed E-state index contributed by atoms with van der Waals surface area (Å²) >= 11 is 0. The Morgan fingerprint density at radius 3 is 2.45 bits per heavy atom. The number of nitrogens with one attached hydrogen (secondary N) is 1. The number of carbonyl (C=O) groups excluding carboxylic acids is 2. The van der Waals surface area contributed by atoms with Gasteiger partial charge in [0, 0.05) is 46.0 Å². The van der Waals surface area contributed by atoms with Crippen molar-refractivity contribution >= 4 is 17.9 Å². The van der Waals surface area contributed by atoms with Crippen LogP contribution >= 0.6 is 0 Å². The van der Waals surface area contributed by atoms with Crippen molar-refractivity contribution in [2.45, 2.75) is 12.8 Å². The summed E-state index contributed by atoms with van der Waals surface area (Å²) in [6.45, 7) is 1.35. The zero-order chi connectivity index (χ0) is 16.4. The first kappa shape index (κ1) is 17.9. The first-order valence-electron chi connectivity index (χ1n) is 7.31. The van der Waals surface area contributed by atoms with E-state index in [-0.39, 0.29) is 11.8 Å². The summed E-state index contributed by atoms with van der Waals surface area (Å²) in [4.78, 5) is 24.9. The normalized spacial score (nSPS) is 10.7. The number of methoxy groups -OCH3 is 1. The average Bonchev–Trinajstić information content (AvgIpc) is 2.52. The molecule has 0 saturated heterocycles. The fourth-order valence-corrected chi connectivity index (χ4v) is 1.81. The van der Waals surface area contributed by atoms with E-state index < -0.39 is 0 Å². The quantitative estimate of drug-likeness (QED) is 0.590. The fraction of sp³-hybridized carbons (Fsp3) is 0.412. The molecular formula is C17H24N2O3. The molecule has 1 aromatic carbocycles. The van der Waals surface area contributed by atoms with Crippen LogP contribution in [0.4, 0.5) is 0 Å².